The summed E-state index contributed by atoms with van der Waals surface area (Å²) < 4.78 is 31.6. The Bertz CT molecular complexity index is 1240. The van der Waals surface area contributed by atoms with E-state index in [4.69, 9.17) is 4.74 Å². The first-order valence-corrected chi connectivity index (χ1v) is 11.8. The minimum atomic E-state index is -3.45. The molecule has 30 heavy (non-hydrogen) atoms. The van der Waals surface area contributed by atoms with Gasteiger partial charge in [-0.05, 0) is 24.6 Å². The number of unbranched alkanes of at least 4 members (excludes halogenated alkanes) is 1. The molecule has 1 aromatic carbocycles. The highest BCUT2D eigenvalue weighted by atomic mass is 32.2. The van der Waals surface area contributed by atoms with Crippen LogP contribution in [0.25, 0.3) is 16.9 Å². The maximum Gasteiger partial charge on any atom is 0.277 e. The molecule has 0 saturated carbocycles. The number of H-pyrrole nitrogens is 1. The second-order valence-electron chi connectivity index (χ2n) is 7.02. The highest BCUT2D eigenvalue weighted by Gasteiger charge is 2.19. The van der Waals surface area contributed by atoms with E-state index in [1.165, 1.54) is 16.6 Å². The number of ether oxygens (including phenoxy) is 1. The Balaban J connectivity index is 2.24. The number of nitrogens with one attached hydrogen (secondary N) is 1. The van der Waals surface area contributed by atoms with Gasteiger partial charge in [-0.2, -0.15) is 0 Å². The molecule has 1 N–H and O–H groups in total. The Morgan fingerprint density at radius 1 is 1.30 bits per heavy atom. The molecule has 0 atom stereocenters. The highest BCUT2D eigenvalue weighted by molar-refractivity contribution is 7.90. The first kappa shape index (κ1) is 21.8. The zero-order valence-electron chi connectivity index (χ0n) is 17.4. The van der Waals surface area contributed by atoms with Crippen LogP contribution in [0.15, 0.2) is 40.5 Å². The minimum absolute atomic E-state index is 0.122. The second-order valence-corrected chi connectivity index (χ2v) is 9.03. The summed E-state index contributed by atoms with van der Waals surface area (Å²) in [5.74, 6) is 1.33. The Kier molecular flexibility index (Phi) is 6.40. The van der Waals surface area contributed by atoms with Crippen molar-refractivity contribution in [1.82, 2.24) is 19.6 Å². The average Bonchev–Trinajstić information content (AvgIpc) is 3.06. The van der Waals surface area contributed by atoms with Crippen LogP contribution in [0.4, 0.5) is 0 Å². The zero-order chi connectivity index (χ0) is 21.9. The van der Waals surface area contributed by atoms with Gasteiger partial charge in [0.15, 0.2) is 21.2 Å². The van der Waals surface area contributed by atoms with E-state index in [1.807, 2.05) is 6.92 Å². The van der Waals surface area contributed by atoms with Crippen molar-refractivity contribution in [3.05, 3.63) is 52.7 Å². The largest absolute Gasteiger partial charge is 0.493 e. The highest BCUT2D eigenvalue weighted by Crippen LogP contribution is 2.30. The van der Waals surface area contributed by atoms with Crippen LogP contribution in [0, 0.1) is 0 Å². The molecule has 0 aliphatic rings. The SMILES string of the molecule is C=CCc1nc(CC)n2nc(-c3cc(S(C)(=O)=O)ccc3OCCCC)[nH]c(=O)c12. The molecule has 160 valence electrons. The molecule has 0 fully saturated rings. The third-order valence-electron chi connectivity index (χ3n) is 4.68. The molecule has 2 aromatic heterocycles. The fraction of sp³-hybridized carbons (Fsp3) is 0.381. The lowest BCUT2D eigenvalue weighted by atomic mass is 10.2. The number of imidazole rings is 1. The Morgan fingerprint density at radius 3 is 2.70 bits per heavy atom. The van der Waals surface area contributed by atoms with Crippen molar-refractivity contribution in [3.8, 4) is 17.1 Å². The second kappa shape index (κ2) is 8.83. The smallest absolute Gasteiger partial charge is 0.277 e. The maximum atomic E-state index is 12.9. The molecule has 0 saturated heterocycles. The standard InChI is InChI=1S/C21H26N4O4S/c1-5-8-12-29-17-11-10-14(30(4,27)28)13-15(17)20-23-21(26)19-16(9-6-2)22-18(7-3)25(19)24-20/h6,10-11,13H,2,5,7-9,12H2,1,3-4H3,(H,23,24,26). The van der Waals surface area contributed by atoms with Crippen molar-refractivity contribution in [2.24, 2.45) is 0 Å². The minimum Gasteiger partial charge on any atom is -0.493 e. The van der Waals surface area contributed by atoms with Crippen molar-refractivity contribution in [2.75, 3.05) is 12.9 Å². The van der Waals surface area contributed by atoms with E-state index in [0.717, 1.165) is 19.1 Å². The van der Waals surface area contributed by atoms with Gasteiger partial charge in [0.1, 0.15) is 11.6 Å². The number of rotatable bonds is 9. The van der Waals surface area contributed by atoms with Crippen LogP contribution in [-0.4, -0.2) is 40.9 Å². The molecule has 0 bridgehead atoms. The number of benzene rings is 1. The lowest BCUT2D eigenvalue weighted by Crippen LogP contribution is -2.16. The summed E-state index contributed by atoms with van der Waals surface area (Å²) in [5, 5.41) is 4.58. The van der Waals surface area contributed by atoms with Crippen LogP contribution in [0.1, 0.15) is 38.2 Å². The van der Waals surface area contributed by atoms with Crippen LogP contribution in [-0.2, 0) is 22.7 Å². The van der Waals surface area contributed by atoms with Crippen molar-refractivity contribution in [1.29, 1.82) is 0 Å². The lowest BCUT2D eigenvalue weighted by Gasteiger charge is -2.12. The van der Waals surface area contributed by atoms with E-state index in [0.29, 0.717) is 47.8 Å². The molecule has 0 unspecified atom stereocenters. The van der Waals surface area contributed by atoms with Gasteiger partial charge >= 0.3 is 0 Å². The van der Waals surface area contributed by atoms with Crippen molar-refractivity contribution in [3.63, 3.8) is 0 Å². The van der Waals surface area contributed by atoms with Gasteiger partial charge in [-0.15, -0.1) is 11.7 Å². The van der Waals surface area contributed by atoms with Crippen molar-refractivity contribution in [2.45, 2.75) is 44.4 Å². The third-order valence-corrected chi connectivity index (χ3v) is 5.79. The predicted octanol–water partition coefficient (Wildman–Crippen LogP) is 2.96. The number of fused-ring (bicyclic) bond motifs is 1. The maximum absolute atomic E-state index is 12.9. The Labute approximate surface area is 175 Å². The average molecular weight is 431 g/mol. The van der Waals surface area contributed by atoms with Crippen molar-refractivity contribution >= 4 is 15.4 Å². The van der Waals surface area contributed by atoms with E-state index < -0.39 is 9.84 Å². The van der Waals surface area contributed by atoms with Gasteiger partial charge in [-0.3, -0.25) is 4.79 Å². The normalized spacial score (nSPS) is 11.7. The molecular weight excluding hydrogens is 404 g/mol. The fourth-order valence-corrected chi connectivity index (χ4v) is 3.79. The molecule has 2 heterocycles. The van der Waals surface area contributed by atoms with Crippen LogP contribution >= 0.6 is 0 Å². The quantitative estimate of drug-likeness (QED) is 0.413. The summed E-state index contributed by atoms with van der Waals surface area (Å²) in [7, 11) is -3.45. The van der Waals surface area contributed by atoms with Gasteiger partial charge in [0.25, 0.3) is 5.56 Å². The zero-order valence-corrected chi connectivity index (χ0v) is 18.3. The van der Waals surface area contributed by atoms with Gasteiger partial charge < -0.3 is 9.72 Å². The molecule has 8 nitrogen and oxygen atoms in total. The van der Waals surface area contributed by atoms with Gasteiger partial charge in [0.2, 0.25) is 0 Å². The third kappa shape index (κ3) is 4.30. The first-order chi connectivity index (χ1) is 14.3. The molecule has 0 spiro atoms. The van der Waals surface area contributed by atoms with Crippen LogP contribution < -0.4 is 10.3 Å². The number of aromatic nitrogens is 4. The van der Waals surface area contributed by atoms with Crippen LogP contribution in [0.2, 0.25) is 0 Å². The van der Waals surface area contributed by atoms with E-state index in [1.54, 1.807) is 12.1 Å². The van der Waals surface area contributed by atoms with E-state index in [-0.39, 0.29) is 16.3 Å². The molecule has 0 aliphatic carbocycles. The summed E-state index contributed by atoms with van der Waals surface area (Å²) in [5.41, 5.74) is 1.03. The van der Waals surface area contributed by atoms with Crippen LogP contribution in [0.5, 0.6) is 5.75 Å². The summed E-state index contributed by atoms with van der Waals surface area (Å²) >= 11 is 0. The topological polar surface area (TPSA) is 106 Å². The molecule has 0 radical (unpaired) electrons. The van der Waals surface area contributed by atoms with Crippen molar-refractivity contribution < 1.29 is 13.2 Å². The summed E-state index contributed by atoms with van der Waals surface area (Å²) in [4.78, 5) is 20.3. The molecule has 0 aliphatic heterocycles. The first-order valence-electron chi connectivity index (χ1n) is 9.89. The number of hydrogen-bond acceptors (Lipinski definition) is 6. The number of aromatic amines is 1. The van der Waals surface area contributed by atoms with Gasteiger partial charge in [-0.1, -0.05) is 26.3 Å². The van der Waals surface area contributed by atoms with E-state index >= 15 is 0 Å². The van der Waals surface area contributed by atoms with E-state index in [9.17, 15) is 13.2 Å². The predicted molar refractivity (Wildman–Crippen MR) is 116 cm³/mol. The fourth-order valence-electron chi connectivity index (χ4n) is 3.14. The number of nitrogens with zero attached hydrogens (tertiary/aromatic N) is 3. The van der Waals surface area contributed by atoms with Gasteiger partial charge in [0.05, 0.1) is 22.8 Å². The summed E-state index contributed by atoms with van der Waals surface area (Å²) in [6, 6.07) is 4.57. The van der Waals surface area contributed by atoms with Gasteiger partial charge in [-0.25, -0.2) is 17.9 Å². The summed E-state index contributed by atoms with van der Waals surface area (Å²) in [6.07, 6.45) is 5.65. The molecule has 0 amide bonds. The monoisotopic (exact) mass is 430 g/mol. The molecule has 3 aromatic rings. The molecular formula is C21H26N4O4S. The van der Waals surface area contributed by atoms with Gasteiger partial charge in [0, 0.05) is 19.1 Å². The Hall–Kier alpha value is -2.94. The number of allylic oxidation sites excluding steroid dienone is 1. The summed E-state index contributed by atoms with van der Waals surface area (Å²) in [6.45, 7) is 8.17. The molecule has 3 rings (SSSR count). The molecule has 9 heteroatoms. The van der Waals surface area contributed by atoms with Crippen LogP contribution in [0.3, 0.4) is 0 Å². The number of aryl methyl sites for hydroxylation is 1. The lowest BCUT2D eigenvalue weighted by molar-refractivity contribution is 0.310. The Morgan fingerprint density at radius 2 is 2.07 bits per heavy atom. The van der Waals surface area contributed by atoms with E-state index in [2.05, 4.69) is 28.6 Å². The number of sulfone groups is 1. The number of hydrogen-bond donors (Lipinski definition) is 1.